The van der Waals surface area contributed by atoms with Crippen molar-refractivity contribution in [1.82, 2.24) is 25.3 Å². The number of amides is 5. The predicted octanol–water partition coefficient (Wildman–Crippen LogP) is 2.54. The summed E-state index contributed by atoms with van der Waals surface area (Å²) in [4.78, 5) is 86.9. The zero-order chi connectivity index (χ0) is 35.7. The van der Waals surface area contributed by atoms with Crippen LogP contribution in [0.2, 0.25) is 0 Å². The predicted molar refractivity (Wildman–Crippen MR) is 181 cm³/mol. The van der Waals surface area contributed by atoms with Gasteiger partial charge in [0.05, 0.1) is 6.42 Å². The molecule has 0 bridgehead atoms. The number of nitrogens with one attached hydrogen (secondary N) is 2. The molecule has 0 aliphatic carbocycles. The summed E-state index contributed by atoms with van der Waals surface area (Å²) in [5.41, 5.74) is 0.810. The summed E-state index contributed by atoms with van der Waals surface area (Å²) in [5, 5.41) is 5.70. The van der Waals surface area contributed by atoms with Crippen LogP contribution in [-0.4, -0.2) is 108 Å². The van der Waals surface area contributed by atoms with E-state index in [2.05, 4.69) is 10.6 Å². The van der Waals surface area contributed by atoms with Crippen LogP contribution < -0.4 is 10.6 Å². The number of cyclic esters (lactones) is 1. The quantitative estimate of drug-likeness (QED) is 0.425. The van der Waals surface area contributed by atoms with Gasteiger partial charge in [-0.3, -0.25) is 28.8 Å². The number of hydrogen-bond acceptors (Lipinski definition) is 7. The summed E-state index contributed by atoms with van der Waals surface area (Å²) in [6, 6.07) is 5.59. The Kier molecular flexibility index (Phi) is 14.0. The third-order valence-electron chi connectivity index (χ3n) is 9.06. The molecule has 12 heteroatoms. The number of ether oxygens (including phenoxy) is 1. The number of rotatable bonds is 7. The molecule has 2 aliphatic heterocycles. The summed E-state index contributed by atoms with van der Waals surface area (Å²) in [6.07, 6.45) is 0.485. The Morgan fingerprint density at radius 2 is 1.46 bits per heavy atom. The van der Waals surface area contributed by atoms with E-state index in [9.17, 15) is 28.8 Å². The zero-order valence-electron chi connectivity index (χ0n) is 29.9. The maximum Gasteiger partial charge on any atom is 0.308 e. The molecule has 2 saturated heterocycles. The lowest BCUT2D eigenvalue weighted by Gasteiger charge is -2.38. The van der Waals surface area contributed by atoms with E-state index in [1.807, 2.05) is 71.9 Å². The summed E-state index contributed by atoms with van der Waals surface area (Å²) in [7, 11) is 3.10. The molecule has 5 atom stereocenters. The fourth-order valence-corrected chi connectivity index (χ4v) is 6.59. The summed E-state index contributed by atoms with van der Waals surface area (Å²) in [5.74, 6) is -3.12. The highest BCUT2D eigenvalue weighted by molar-refractivity contribution is 5.96. The zero-order valence-corrected chi connectivity index (χ0v) is 29.9. The molecule has 5 amide bonds. The summed E-state index contributed by atoms with van der Waals surface area (Å²) in [6.45, 7) is 11.7. The van der Waals surface area contributed by atoms with Crippen LogP contribution >= 0.6 is 0 Å². The maximum absolute atomic E-state index is 14.3. The Bertz CT molecular complexity index is 1300. The van der Waals surface area contributed by atoms with Crippen LogP contribution in [0.4, 0.5) is 0 Å². The number of benzene rings is 1. The highest BCUT2D eigenvalue weighted by atomic mass is 16.5. The second-order valence-corrected chi connectivity index (χ2v) is 14.3. The van der Waals surface area contributed by atoms with Gasteiger partial charge in [-0.2, -0.15) is 0 Å². The van der Waals surface area contributed by atoms with Gasteiger partial charge >= 0.3 is 5.97 Å². The summed E-state index contributed by atoms with van der Waals surface area (Å²) < 4.78 is 5.68. The first-order valence-corrected chi connectivity index (χ1v) is 17.3. The number of carbonyl (C=O) groups is 6. The number of esters is 1. The molecule has 0 radical (unpaired) electrons. The maximum atomic E-state index is 14.3. The molecule has 0 aromatic heterocycles. The molecule has 2 N–H and O–H groups in total. The monoisotopic (exact) mass is 669 g/mol. The van der Waals surface area contributed by atoms with Crippen LogP contribution in [0.5, 0.6) is 0 Å². The molecule has 0 saturated carbocycles. The van der Waals surface area contributed by atoms with E-state index >= 15 is 0 Å². The van der Waals surface area contributed by atoms with Crippen molar-refractivity contribution in [2.75, 3.05) is 27.2 Å². The van der Waals surface area contributed by atoms with E-state index < -0.39 is 65.8 Å². The minimum absolute atomic E-state index is 0.0186. The van der Waals surface area contributed by atoms with Crippen molar-refractivity contribution in [3.63, 3.8) is 0 Å². The first-order chi connectivity index (χ1) is 22.6. The second kappa shape index (κ2) is 17.4. The molecule has 2 heterocycles. The number of hydrogen-bond donors (Lipinski definition) is 2. The van der Waals surface area contributed by atoms with Crippen LogP contribution in [0.15, 0.2) is 30.3 Å². The lowest BCUT2D eigenvalue weighted by molar-refractivity contribution is -0.162. The van der Waals surface area contributed by atoms with Crippen LogP contribution in [-0.2, 0) is 39.9 Å². The third kappa shape index (κ3) is 10.0. The molecular weight excluding hydrogens is 614 g/mol. The van der Waals surface area contributed by atoms with Crippen molar-refractivity contribution < 1.29 is 33.5 Å². The molecule has 266 valence electrons. The van der Waals surface area contributed by atoms with Gasteiger partial charge in [-0.15, -0.1) is 0 Å². The topological polar surface area (TPSA) is 145 Å². The molecule has 2 aliphatic rings. The van der Waals surface area contributed by atoms with E-state index in [-0.39, 0.29) is 43.6 Å². The molecule has 1 unspecified atom stereocenters. The first-order valence-electron chi connectivity index (χ1n) is 17.3. The van der Waals surface area contributed by atoms with Crippen LogP contribution in [0, 0.1) is 17.8 Å². The van der Waals surface area contributed by atoms with E-state index in [1.54, 1.807) is 14.1 Å². The van der Waals surface area contributed by atoms with E-state index in [1.165, 1.54) is 14.7 Å². The average molecular weight is 670 g/mol. The first kappa shape index (κ1) is 38.5. The largest absolute Gasteiger partial charge is 0.452 e. The minimum atomic E-state index is -1.10. The number of fused-ring (bicyclic) bond motifs is 1. The number of likely N-dealkylation sites (N-methyl/N-ethyl adjacent to an activating group) is 2. The van der Waals surface area contributed by atoms with Gasteiger partial charge in [0, 0.05) is 33.6 Å². The fourth-order valence-electron chi connectivity index (χ4n) is 6.59. The van der Waals surface area contributed by atoms with Gasteiger partial charge in [0.25, 0.3) is 5.91 Å². The van der Waals surface area contributed by atoms with Crippen LogP contribution in [0.1, 0.15) is 79.2 Å². The van der Waals surface area contributed by atoms with Gasteiger partial charge < -0.3 is 30.1 Å². The SMILES string of the molecule is CC(C)CC1OC(=O)CCNC(=O)[C@H](CC(C)C)N(C)C(=O)[C@H](C(C)C)N(C)C(=O)[C@H](Cc2ccccc2)NC(=O)[C@@H]2CCCN2C1=O. The Hall–Kier alpha value is -3.96. The van der Waals surface area contributed by atoms with Gasteiger partial charge in [-0.1, -0.05) is 71.9 Å². The Morgan fingerprint density at radius 3 is 2.06 bits per heavy atom. The molecule has 12 nitrogen and oxygen atoms in total. The van der Waals surface area contributed by atoms with Gasteiger partial charge in [0.15, 0.2) is 6.10 Å². The van der Waals surface area contributed by atoms with Gasteiger partial charge in [-0.25, -0.2) is 0 Å². The average Bonchev–Trinajstić information content (AvgIpc) is 3.52. The standard InChI is InChI=1S/C36H55N5O7/c1-22(2)19-28-32(43)37-17-16-30(42)48-29(20-23(3)4)35(46)41-18-12-15-27(41)33(44)38-26(21-25-13-10-9-11-14-25)34(45)40(8)31(24(5)6)36(47)39(28)7/h9-11,13-14,22-24,26-29,31H,12,15-21H2,1-8H3,(H,37,43)(H,38,44)/t26-,27-,28-,29?,31-/m0/s1. The lowest BCUT2D eigenvalue weighted by Crippen LogP contribution is -2.60. The van der Waals surface area contributed by atoms with Crippen LogP contribution in [0.25, 0.3) is 0 Å². The molecule has 2 fully saturated rings. The van der Waals surface area contributed by atoms with Crippen molar-refractivity contribution in [1.29, 1.82) is 0 Å². The van der Waals surface area contributed by atoms with Gasteiger partial charge in [0.1, 0.15) is 24.2 Å². The van der Waals surface area contributed by atoms with Crippen molar-refractivity contribution in [3.8, 4) is 0 Å². The van der Waals surface area contributed by atoms with Crippen molar-refractivity contribution in [3.05, 3.63) is 35.9 Å². The highest BCUT2D eigenvalue weighted by Gasteiger charge is 2.42. The third-order valence-corrected chi connectivity index (χ3v) is 9.06. The Morgan fingerprint density at radius 1 is 0.812 bits per heavy atom. The Balaban J connectivity index is 2.08. The molecule has 0 spiro atoms. The normalized spacial score (nSPS) is 25.9. The highest BCUT2D eigenvalue weighted by Crippen LogP contribution is 2.24. The van der Waals surface area contributed by atoms with Crippen LogP contribution in [0.3, 0.4) is 0 Å². The van der Waals surface area contributed by atoms with Crippen molar-refractivity contribution in [2.45, 2.75) is 110 Å². The molecule has 3 rings (SSSR count). The molecule has 1 aromatic carbocycles. The van der Waals surface area contributed by atoms with Crippen molar-refractivity contribution >= 4 is 35.5 Å². The smallest absolute Gasteiger partial charge is 0.308 e. The fraction of sp³-hybridized carbons (Fsp3) is 0.667. The van der Waals surface area contributed by atoms with E-state index in [0.717, 1.165) is 5.56 Å². The van der Waals surface area contributed by atoms with Crippen molar-refractivity contribution in [2.24, 2.45) is 17.8 Å². The molecule has 48 heavy (non-hydrogen) atoms. The van der Waals surface area contributed by atoms with E-state index in [0.29, 0.717) is 25.8 Å². The molecule has 1 aromatic rings. The Labute approximate surface area is 285 Å². The number of carbonyl (C=O) groups excluding carboxylic acids is 6. The summed E-state index contributed by atoms with van der Waals surface area (Å²) >= 11 is 0. The lowest BCUT2D eigenvalue weighted by atomic mass is 9.96. The minimum Gasteiger partial charge on any atom is -0.452 e. The number of nitrogens with zero attached hydrogens (tertiary/aromatic N) is 3. The second-order valence-electron chi connectivity index (χ2n) is 14.3. The van der Waals surface area contributed by atoms with E-state index in [4.69, 9.17) is 4.74 Å². The molecular formula is C36H55N5O7. The van der Waals surface area contributed by atoms with Gasteiger partial charge in [-0.05, 0) is 49.0 Å². The van der Waals surface area contributed by atoms with Gasteiger partial charge in [0.2, 0.25) is 23.6 Å².